The molecule has 2 amide bonds. The highest BCUT2D eigenvalue weighted by Crippen LogP contribution is 2.26. The molecule has 2 aromatic rings. The van der Waals surface area contributed by atoms with Gasteiger partial charge in [-0.1, -0.05) is 23.8 Å². The minimum Gasteiger partial charge on any atom is -0.326 e. The van der Waals surface area contributed by atoms with Crippen LogP contribution in [0.1, 0.15) is 30.0 Å². The van der Waals surface area contributed by atoms with Gasteiger partial charge in [-0.15, -0.1) is 0 Å². The number of carbonyl (C=O) groups excluding carboxylic acids is 2. The van der Waals surface area contributed by atoms with Crippen LogP contribution in [0.3, 0.4) is 0 Å². The summed E-state index contributed by atoms with van der Waals surface area (Å²) in [6.07, 6.45) is 0.128. The number of hydrogen-bond acceptors (Lipinski definition) is 2. The molecule has 0 aliphatic rings. The summed E-state index contributed by atoms with van der Waals surface area (Å²) < 4.78 is 13.2. The molecular formula is C20H23FN2O2. The van der Waals surface area contributed by atoms with Crippen LogP contribution in [0, 0.1) is 26.6 Å². The molecule has 0 radical (unpaired) electrons. The Hall–Kier alpha value is -2.69. The maximum Gasteiger partial charge on any atom is 0.226 e. The highest BCUT2D eigenvalue weighted by atomic mass is 19.1. The van der Waals surface area contributed by atoms with Crippen molar-refractivity contribution in [2.24, 2.45) is 0 Å². The molecule has 0 aliphatic carbocycles. The average molecular weight is 342 g/mol. The topological polar surface area (TPSA) is 49.4 Å². The largest absolute Gasteiger partial charge is 0.326 e. The van der Waals surface area contributed by atoms with Crippen molar-refractivity contribution in [1.82, 2.24) is 0 Å². The van der Waals surface area contributed by atoms with Crippen molar-refractivity contribution < 1.29 is 14.0 Å². The van der Waals surface area contributed by atoms with Crippen LogP contribution >= 0.6 is 0 Å². The van der Waals surface area contributed by atoms with Crippen molar-refractivity contribution in [3.8, 4) is 0 Å². The highest BCUT2D eigenvalue weighted by Gasteiger charge is 2.18. The number of nitrogens with zero attached hydrogens (tertiary/aromatic N) is 1. The van der Waals surface area contributed by atoms with Gasteiger partial charge in [0.15, 0.2) is 0 Å². The molecule has 0 atom stereocenters. The van der Waals surface area contributed by atoms with Crippen molar-refractivity contribution in [3.63, 3.8) is 0 Å². The van der Waals surface area contributed by atoms with Crippen LogP contribution in [0.25, 0.3) is 0 Å². The maximum atomic E-state index is 13.2. The quantitative estimate of drug-likeness (QED) is 0.888. The van der Waals surface area contributed by atoms with Gasteiger partial charge in [0.05, 0.1) is 0 Å². The Kier molecular flexibility index (Phi) is 5.91. The second kappa shape index (κ2) is 7.92. The van der Waals surface area contributed by atoms with Crippen LogP contribution in [0.4, 0.5) is 15.8 Å². The lowest BCUT2D eigenvalue weighted by Gasteiger charge is -2.25. The zero-order chi connectivity index (χ0) is 18.6. The van der Waals surface area contributed by atoms with Crippen molar-refractivity contribution in [2.45, 2.75) is 34.1 Å². The number of halogens is 1. The van der Waals surface area contributed by atoms with Crippen LogP contribution in [-0.2, 0) is 9.59 Å². The fourth-order valence-electron chi connectivity index (χ4n) is 3.03. The highest BCUT2D eigenvalue weighted by molar-refractivity contribution is 5.95. The fraction of sp³-hybridized carbons (Fsp3) is 0.300. The molecule has 0 bridgehead atoms. The molecule has 25 heavy (non-hydrogen) atoms. The fourth-order valence-corrected chi connectivity index (χ4v) is 3.03. The minimum absolute atomic E-state index is 0.117. The van der Waals surface area contributed by atoms with E-state index in [9.17, 15) is 14.0 Å². The van der Waals surface area contributed by atoms with E-state index in [2.05, 4.69) is 5.32 Å². The maximum absolute atomic E-state index is 13.2. The van der Waals surface area contributed by atoms with Gasteiger partial charge in [0.2, 0.25) is 11.8 Å². The van der Waals surface area contributed by atoms with Crippen molar-refractivity contribution in [2.75, 3.05) is 16.8 Å². The van der Waals surface area contributed by atoms with E-state index in [0.717, 1.165) is 22.4 Å². The molecule has 0 aliphatic heterocycles. The van der Waals surface area contributed by atoms with Gasteiger partial charge in [-0.2, -0.15) is 0 Å². The Labute approximate surface area is 147 Å². The first-order valence-corrected chi connectivity index (χ1v) is 8.19. The van der Waals surface area contributed by atoms with E-state index in [0.29, 0.717) is 5.69 Å². The lowest BCUT2D eigenvalue weighted by molar-refractivity contribution is -0.117. The predicted molar refractivity (Wildman–Crippen MR) is 98.3 cm³/mol. The normalized spacial score (nSPS) is 10.4. The first kappa shape index (κ1) is 18.6. The monoisotopic (exact) mass is 342 g/mol. The predicted octanol–water partition coefficient (Wildman–Crippen LogP) is 4.13. The second-order valence-electron chi connectivity index (χ2n) is 6.23. The number of nitrogens with one attached hydrogen (secondary N) is 1. The number of hydrogen-bond donors (Lipinski definition) is 1. The molecule has 2 aromatic carbocycles. The van der Waals surface area contributed by atoms with Gasteiger partial charge < -0.3 is 10.2 Å². The summed E-state index contributed by atoms with van der Waals surface area (Å²) in [4.78, 5) is 25.8. The van der Waals surface area contributed by atoms with Gasteiger partial charge in [0.25, 0.3) is 0 Å². The number of benzene rings is 2. The Morgan fingerprint density at radius 2 is 1.72 bits per heavy atom. The van der Waals surface area contributed by atoms with Crippen LogP contribution in [-0.4, -0.2) is 18.4 Å². The molecule has 0 saturated carbocycles. The van der Waals surface area contributed by atoms with E-state index >= 15 is 0 Å². The summed E-state index contributed by atoms with van der Waals surface area (Å²) in [6.45, 7) is 7.68. The van der Waals surface area contributed by atoms with Gasteiger partial charge in [0, 0.05) is 31.3 Å². The van der Waals surface area contributed by atoms with E-state index in [4.69, 9.17) is 0 Å². The number of anilines is 2. The lowest BCUT2D eigenvalue weighted by atomic mass is 10.0. The molecule has 132 valence electrons. The zero-order valence-corrected chi connectivity index (χ0v) is 15.0. The summed E-state index contributed by atoms with van der Waals surface area (Å²) in [5, 5.41) is 2.65. The second-order valence-corrected chi connectivity index (χ2v) is 6.23. The first-order valence-electron chi connectivity index (χ1n) is 8.19. The molecule has 4 nitrogen and oxygen atoms in total. The van der Waals surface area contributed by atoms with Gasteiger partial charge in [0.1, 0.15) is 5.82 Å². The molecule has 0 unspecified atom stereocenters. The smallest absolute Gasteiger partial charge is 0.226 e. The van der Waals surface area contributed by atoms with Gasteiger partial charge in [-0.25, -0.2) is 4.39 Å². The third-order valence-electron chi connectivity index (χ3n) is 3.96. The van der Waals surface area contributed by atoms with Crippen LogP contribution in [0.5, 0.6) is 0 Å². The molecule has 0 aromatic heterocycles. The van der Waals surface area contributed by atoms with Gasteiger partial charge in [-0.05, 0) is 50.1 Å². The average Bonchev–Trinajstić information content (AvgIpc) is 2.49. The molecule has 2 rings (SSSR count). The SMILES string of the molecule is CC(=O)N(CCC(=O)Nc1cccc(F)c1)c1c(C)cc(C)cc1C. The lowest BCUT2D eigenvalue weighted by Crippen LogP contribution is -2.33. The number of carbonyl (C=O) groups is 2. The van der Waals surface area contributed by atoms with Crippen LogP contribution in [0.2, 0.25) is 0 Å². The van der Waals surface area contributed by atoms with Crippen molar-refractivity contribution in [1.29, 1.82) is 0 Å². The third kappa shape index (κ3) is 4.89. The van der Waals surface area contributed by atoms with E-state index in [-0.39, 0.29) is 24.8 Å². The molecule has 0 spiro atoms. The minimum atomic E-state index is -0.408. The number of rotatable bonds is 5. The molecule has 0 heterocycles. The first-order chi connectivity index (χ1) is 11.8. The van der Waals surface area contributed by atoms with Crippen molar-refractivity contribution in [3.05, 3.63) is 58.9 Å². The zero-order valence-electron chi connectivity index (χ0n) is 15.0. The Bertz CT molecular complexity index is 779. The molecule has 0 saturated heterocycles. The summed E-state index contributed by atoms with van der Waals surface area (Å²) in [5.74, 6) is -0.790. The van der Waals surface area contributed by atoms with Gasteiger partial charge >= 0.3 is 0 Å². The summed E-state index contributed by atoms with van der Waals surface area (Å²) in [7, 11) is 0. The molecule has 5 heteroatoms. The van der Waals surface area contributed by atoms with E-state index in [1.165, 1.54) is 25.1 Å². The van der Waals surface area contributed by atoms with Crippen molar-refractivity contribution >= 4 is 23.2 Å². The molecular weight excluding hydrogens is 319 g/mol. The van der Waals surface area contributed by atoms with E-state index < -0.39 is 5.82 Å². The Morgan fingerprint density at radius 1 is 1.08 bits per heavy atom. The molecule has 1 N–H and O–H groups in total. The van der Waals surface area contributed by atoms with E-state index in [1.54, 1.807) is 11.0 Å². The molecule has 0 fully saturated rings. The summed E-state index contributed by atoms with van der Waals surface area (Å²) in [6, 6.07) is 9.77. The summed E-state index contributed by atoms with van der Waals surface area (Å²) >= 11 is 0. The van der Waals surface area contributed by atoms with Gasteiger partial charge in [-0.3, -0.25) is 9.59 Å². The number of amides is 2. The van der Waals surface area contributed by atoms with E-state index in [1.807, 2.05) is 32.9 Å². The van der Waals surface area contributed by atoms with Crippen LogP contribution in [0.15, 0.2) is 36.4 Å². The van der Waals surface area contributed by atoms with Crippen LogP contribution < -0.4 is 10.2 Å². The summed E-state index contributed by atoms with van der Waals surface area (Å²) in [5.41, 5.74) is 4.38. The Morgan fingerprint density at radius 3 is 2.28 bits per heavy atom. The standard InChI is InChI=1S/C20H23FN2O2/c1-13-10-14(2)20(15(3)11-13)23(16(4)24)9-8-19(25)22-18-7-5-6-17(21)12-18/h5-7,10-12H,8-9H2,1-4H3,(H,22,25). The third-order valence-corrected chi connectivity index (χ3v) is 3.96. The number of aryl methyl sites for hydroxylation is 3. The Balaban J connectivity index is 2.10.